The molecule has 1 aliphatic heterocycles. The highest BCUT2D eigenvalue weighted by Crippen LogP contribution is 2.45. The van der Waals surface area contributed by atoms with E-state index in [1.54, 1.807) is 0 Å². The second kappa shape index (κ2) is 9.23. The molecule has 0 aromatic rings. The summed E-state index contributed by atoms with van der Waals surface area (Å²) in [5.74, 6) is -3.24. The zero-order valence-corrected chi connectivity index (χ0v) is 18.8. The summed E-state index contributed by atoms with van der Waals surface area (Å²) in [5.41, 5.74) is 4.35. The fourth-order valence-electron chi connectivity index (χ4n) is 3.91. The number of hydrogen-bond acceptors (Lipinski definition) is 8. The molecule has 33 heavy (non-hydrogen) atoms. The minimum atomic E-state index is -3.82. The van der Waals surface area contributed by atoms with E-state index in [4.69, 9.17) is 5.73 Å². The molecule has 0 bridgehead atoms. The number of nitrogens with one attached hydrogen (secondary N) is 3. The smallest absolute Gasteiger partial charge is 0.259 e. The molecular weight excluding hydrogens is 454 g/mol. The predicted molar refractivity (Wildman–Crippen MR) is 117 cm³/mol. The number of nitrogens with two attached hydrogens (primary N) is 1. The third-order valence-corrected chi connectivity index (χ3v) is 7.93. The van der Waals surface area contributed by atoms with Gasteiger partial charge in [0.2, 0.25) is 27.7 Å². The number of carbonyl (C=O) groups is 4. The van der Waals surface area contributed by atoms with E-state index in [2.05, 4.69) is 23.8 Å². The first-order chi connectivity index (χ1) is 15.4. The molecule has 2 aliphatic carbocycles. The van der Waals surface area contributed by atoms with Gasteiger partial charge >= 0.3 is 0 Å². The normalized spacial score (nSPS) is 29.5. The molecule has 4 amide bonds. The van der Waals surface area contributed by atoms with Crippen molar-refractivity contribution in [2.45, 2.75) is 54.7 Å². The van der Waals surface area contributed by atoms with Gasteiger partial charge in [-0.25, -0.2) is 8.42 Å². The lowest BCUT2D eigenvalue weighted by Crippen LogP contribution is -2.58. The largest absolute Gasteiger partial charge is 0.391 e. The highest BCUT2D eigenvalue weighted by atomic mass is 32.2. The van der Waals surface area contributed by atoms with Crippen LogP contribution in [0.2, 0.25) is 0 Å². The highest BCUT2D eigenvalue weighted by Gasteiger charge is 2.61. The summed E-state index contributed by atoms with van der Waals surface area (Å²) in [7, 11) is -3.82. The first kappa shape index (κ1) is 24.9. The number of β-amino-alcohol motifs (C(OH)–C–C–N with tert-alkyl or cyclic N) is 1. The zero-order valence-electron chi connectivity index (χ0n) is 18.0. The predicted octanol–water partition coefficient (Wildman–Crippen LogP) is -2.75. The summed E-state index contributed by atoms with van der Waals surface area (Å²) in [6.45, 7) is 6.57. The number of carbonyl (C=O) groups excluding carboxylic acids is 4. The monoisotopic (exact) mass is 483 g/mol. The molecule has 3 aliphatic rings. The van der Waals surface area contributed by atoms with Crippen molar-refractivity contribution in [1.29, 1.82) is 0 Å². The molecule has 3 fully saturated rings. The Bertz CT molecular complexity index is 979. The van der Waals surface area contributed by atoms with Crippen molar-refractivity contribution >= 4 is 33.7 Å². The van der Waals surface area contributed by atoms with Crippen LogP contribution in [0.1, 0.15) is 25.7 Å². The van der Waals surface area contributed by atoms with Gasteiger partial charge in [0.1, 0.15) is 17.6 Å². The van der Waals surface area contributed by atoms with Gasteiger partial charge in [0.25, 0.3) is 5.91 Å². The summed E-state index contributed by atoms with van der Waals surface area (Å²) >= 11 is 0. The lowest BCUT2D eigenvalue weighted by Gasteiger charge is -2.28. The van der Waals surface area contributed by atoms with Gasteiger partial charge < -0.3 is 26.4 Å². The summed E-state index contributed by atoms with van der Waals surface area (Å²) in [5, 5.41) is 14.4. The molecular formula is C20H29N5O7S. The van der Waals surface area contributed by atoms with Crippen molar-refractivity contribution in [2.75, 3.05) is 13.1 Å². The SMILES string of the molecule is C=CC(=O)NC[C@H](N)C(=O)N1C[C@H](O)CC1C(=O)N[C@]1(C(=O)NS(=O)(=O)C2CC2)C[C@H]1C=C. The van der Waals surface area contributed by atoms with Crippen LogP contribution in [-0.2, 0) is 29.2 Å². The number of aliphatic hydroxyl groups is 1. The van der Waals surface area contributed by atoms with Crippen LogP contribution in [0.4, 0.5) is 0 Å². The van der Waals surface area contributed by atoms with Gasteiger partial charge in [-0.05, 0) is 25.3 Å². The maximum absolute atomic E-state index is 13.1. The molecule has 12 nitrogen and oxygen atoms in total. The number of rotatable bonds is 10. The van der Waals surface area contributed by atoms with Crippen molar-refractivity contribution < 1.29 is 32.7 Å². The second-order valence-corrected chi connectivity index (χ2v) is 10.6. The molecule has 0 radical (unpaired) electrons. The first-order valence-corrected chi connectivity index (χ1v) is 12.1. The van der Waals surface area contributed by atoms with Gasteiger partial charge in [-0.3, -0.25) is 23.9 Å². The van der Waals surface area contributed by atoms with Crippen LogP contribution in [-0.4, -0.2) is 84.1 Å². The van der Waals surface area contributed by atoms with Gasteiger partial charge in [0.05, 0.1) is 11.4 Å². The molecule has 1 unspecified atom stereocenters. The van der Waals surface area contributed by atoms with Crippen molar-refractivity contribution in [1.82, 2.24) is 20.3 Å². The Hall–Kier alpha value is -2.77. The van der Waals surface area contributed by atoms with Gasteiger partial charge in [-0.1, -0.05) is 12.7 Å². The fraction of sp³-hybridized carbons (Fsp3) is 0.600. The standard InChI is InChI=1S/C20H29N5O7S/c1-3-11-8-20(11,19(30)24-33(31,32)13-5-6-13)23-17(28)15-7-12(26)10-25(15)18(29)14(21)9-22-16(27)4-2/h3-4,11-15,26H,1-2,5-10,21H2,(H,22,27)(H,23,28)(H,24,30)/t11-,12-,14+,15?,20-/m1/s1. The molecule has 1 heterocycles. The summed E-state index contributed by atoms with van der Waals surface area (Å²) in [4.78, 5) is 51.1. The van der Waals surface area contributed by atoms with E-state index < -0.39 is 68.5 Å². The molecule has 0 aromatic heterocycles. The second-order valence-electron chi connectivity index (χ2n) is 8.63. The van der Waals surface area contributed by atoms with Gasteiger partial charge in [0, 0.05) is 25.4 Å². The lowest BCUT2D eigenvalue weighted by atomic mass is 10.1. The van der Waals surface area contributed by atoms with Gasteiger partial charge in [-0.15, -0.1) is 6.58 Å². The minimum Gasteiger partial charge on any atom is -0.391 e. The van der Waals surface area contributed by atoms with Crippen LogP contribution >= 0.6 is 0 Å². The first-order valence-electron chi connectivity index (χ1n) is 10.6. The number of hydrogen-bond donors (Lipinski definition) is 5. The van der Waals surface area contributed by atoms with Crippen molar-refractivity contribution in [3.05, 3.63) is 25.3 Å². The van der Waals surface area contributed by atoms with Crippen LogP contribution in [0, 0.1) is 5.92 Å². The lowest BCUT2D eigenvalue weighted by molar-refractivity contribution is -0.140. The average Bonchev–Trinajstić information content (AvgIpc) is 3.68. The number of aliphatic hydroxyl groups excluding tert-OH is 1. The Balaban J connectivity index is 1.70. The van der Waals surface area contributed by atoms with Crippen LogP contribution in [0.25, 0.3) is 0 Å². The summed E-state index contributed by atoms with van der Waals surface area (Å²) in [6.07, 6.45) is 2.49. The summed E-state index contributed by atoms with van der Waals surface area (Å²) < 4.78 is 26.4. The fourth-order valence-corrected chi connectivity index (χ4v) is 5.27. The average molecular weight is 484 g/mol. The van der Waals surface area contributed by atoms with Crippen LogP contribution in [0.5, 0.6) is 0 Å². The molecule has 1 saturated heterocycles. The third-order valence-electron chi connectivity index (χ3n) is 6.11. The van der Waals surface area contributed by atoms with Crippen molar-refractivity contribution in [3.63, 3.8) is 0 Å². The molecule has 0 aromatic carbocycles. The van der Waals surface area contributed by atoms with E-state index in [0.717, 1.165) is 11.0 Å². The van der Waals surface area contributed by atoms with Crippen LogP contribution < -0.4 is 21.1 Å². The van der Waals surface area contributed by atoms with E-state index in [-0.39, 0.29) is 25.9 Å². The molecule has 3 rings (SSSR count). The quantitative estimate of drug-likeness (QED) is 0.163. The van der Waals surface area contributed by atoms with Crippen LogP contribution in [0.3, 0.4) is 0 Å². The zero-order chi connectivity index (χ0) is 24.6. The van der Waals surface area contributed by atoms with E-state index >= 15 is 0 Å². The van der Waals surface area contributed by atoms with Gasteiger partial charge in [-0.2, -0.15) is 0 Å². The number of nitrogens with zero attached hydrogens (tertiary/aromatic N) is 1. The molecule has 5 atom stereocenters. The Labute approximate surface area is 191 Å². The molecule has 2 saturated carbocycles. The van der Waals surface area contributed by atoms with Crippen molar-refractivity contribution in [2.24, 2.45) is 11.7 Å². The van der Waals surface area contributed by atoms with E-state index in [1.165, 1.54) is 6.08 Å². The molecule has 6 N–H and O–H groups in total. The maximum Gasteiger partial charge on any atom is 0.259 e. The van der Waals surface area contributed by atoms with Gasteiger partial charge in [0.15, 0.2) is 0 Å². The molecule has 182 valence electrons. The Morgan fingerprint density at radius 3 is 2.45 bits per heavy atom. The minimum absolute atomic E-state index is 0.0832. The molecule has 0 spiro atoms. The summed E-state index contributed by atoms with van der Waals surface area (Å²) in [6, 6.07) is -2.29. The van der Waals surface area contributed by atoms with Crippen molar-refractivity contribution in [3.8, 4) is 0 Å². The van der Waals surface area contributed by atoms with E-state index in [1.807, 2.05) is 4.72 Å². The third kappa shape index (κ3) is 5.25. The van der Waals surface area contributed by atoms with E-state index in [9.17, 15) is 32.7 Å². The van der Waals surface area contributed by atoms with E-state index in [0.29, 0.717) is 12.8 Å². The molecule has 13 heteroatoms. The Kier molecular flexibility index (Phi) is 6.96. The highest BCUT2D eigenvalue weighted by molar-refractivity contribution is 7.91. The number of sulfonamides is 1. The topological polar surface area (TPSA) is 188 Å². The maximum atomic E-state index is 13.1. The Morgan fingerprint density at radius 1 is 1.24 bits per heavy atom. The Morgan fingerprint density at radius 2 is 1.91 bits per heavy atom. The number of amides is 4. The number of likely N-dealkylation sites (tertiary alicyclic amines) is 1. The van der Waals surface area contributed by atoms with Crippen LogP contribution in [0.15, 0.2) is 25.3 Å².